The van der Waals surface area contributed by atoms with Gasteiger partial charge in [-0.2, -0.15) is 0 Å². The third-order valence-corrected chi connectivity index (χ3v) is 4.60. The second-order valence-electron chi connectivity index (χ2n) is 5.93. The second-order valence-corrected chi connectivity index (χ2v) is 5.93. The number of aliphatic hydroxyl groups is 2. The highest BCUT2D eigenvalue weighted by molar-refractivity contribution is 6.00. The van der Waals surface area contributed by atoms with Gasteiger partial charge in [-0.25, -0.2) is 4.39 Å². The number of H-pyrrole nitrogens is 1. The molecule has 1 heterocycles. The fraction of sp³-hybridized carbons (Fsp3) is 0.438. The standard InChI is InChI=1S/C16H19FN2O3/c1-8-10-7-9(17)3-4-11(10)18-14(8)16(22)19(2)12-5-6-13(20)15(12)21/h3-4,7,12-13,15,18,20-21H,5-6H2,1-2H3/t12-,13-,15-/m1/s1. The molecule has 1 aromatic carbocycles. The molecule has 0 unspecified atom stereocenters. The van der Waals surface area contributed by atoms with Crippen molar-refractivity contribution in [1.29, 1.82) is 0 Å². The number of aliphatic hydroxyl groups excluding tert-OH is 2. The summed E-state index contributed by atoms with van der Waals surface area (Å²) in [5.74, 6) is -0.622. The maximum Gasteiger partial charge on any atom is 0.270 e. The first-order chi connectivity index (χ1) is 10.4. The highest BCUT2D eigenvalue weighted by Crippen LogP contribution is 2.28. The first-order valence-corrected chi connectivity index (χ1v) is 7.31. The predicted octanol–water partition coefficient (Wildman–Crippen LogP) is 1.57. The summed E-state index contributed by atoms with van der Waals surface area (Å²) in [6.45, 7) is 1.76. The lowest BCUT2D eigenvalue weighted by atomic mass is 10.1. The molecule has 2 aromatic rings. The summed E-state index contributed by atoms with van der Waals surface area (Å²) in [5.41, 5.74) is 1.76. The number of benzene rings is 1. The molecule has 1 saturated carbocycles. The normalized spacial score (nSPS) is 24.9. The van der Waals surface area contributed by atoms with Gasteiger partial charge in [0, 0.05) is 18.0 Å². The highest BCUT2D eigenvalue weighted by Gasteiger charge is 2.38. The summed E-state index contributed by atoms with van der Waals surface area (Å²) in [7, 11) is 1.61. The first-order valence-electron chi connectivity index (χ1n) is 7.31. The monoisotopic (exact) mass is 306 g/mol. The zero-order valence-electron chi connectivity index (χ0n) is 12.5. The number of likely N-dealkylation sites (N-methyl/N-ethyl adjacent to an activating group) is 1. The number of nitrogens with zero attached hydrogens (tertiary/aromatic N) is 1. The number of aromatic amines is 1. The van der Waals surface area contributed by atoms with Crippen LogP contribution in [0.25, 0.3) is 10.9 Å². The van der Waals surface area contributed by atoms with Crippen LogP contribution in [0.15, 0.2) is 18.2 Å². The molecule has 1 aromatic heterocycles. The van der Waals surface area contributed by atoms with E-state index in [1.165, 1.54) is 17.0 Å². The van der Waals surface area contributed by atoms with Crippen LogP contribution in [0.1, 0.15) is 28.9 Å². The molecule has 1 fully saturated rings. The lowest BCUT2D eigenvalue weighted by Crippen LogP contribution is -2.44. The molecule has 1 aliphatic rings. The Morgan fingerprint density at radius 2 is 2.09 bits per heavy atom. The Balaban J connectivity index is 1.93. The summed E-state index contributed by atoms with van der Waals surface area (Å²) >= 11 is 0. The summed E-state index contributed by atoms with van der Waals surface area (Å²) < 4.78 is 13.4. The van der Waals surface area contributed by atoms with E-state index in [0.717, 1.165) is 0 Å². The quantitative estimate of drug-likeness (QED) is 0.788. The van der Waals surface area contributed by atoms with Gasteiger partial charge in [-0.3, -0.25) is 4.79 Å². The van der Waals surface area contributed by atoms with Crippen LogP contribution in [0, 0.1) is 12.7 Å². The van der Waals surface area contributed by atoms with Crippen molar-refractivity contribution in [1.82, 2.24) is 9.88 Å². The fourth-order valence-corrected chi connectivity index (χ4v) is 3.20. The largest absolute Gasteiger partial charge is 0.390 e. The van der Waals surface area contributed by atoms with Crippen molar-refractivity contribution >= 4 is 16.8 Å². The van der Waals surface area contributed by atoms with Gasteiger partial charge in [-0.1, -0.05) is 0 Å². The Labute approximate surface area is 127 Å². The number of fused-ring (bicyclic) bond motifs is 1. The van der Waals surface area contributed by atoms with E-state index in [4.69, 9.17) is 0 Å². The Hall–Kier alpha value is -1.92. The van der Waals surface area contributed by atoms with Crippen LogP contribution >= 0.6 is 0 Å². The average molecular weight is 306 g/mol. The molecule has 0 radical (unpaired) electrons. The van der Waals surface area contributed by atoms with Gasteiger partial charge >= 0.3 is 0 Å². The molecule has 22 heavy (non-hydrogen) atoms. The minimum atomic E-state index is -0.934. The minimum Gasteiger partial charge on any atom is -0.390 e. The molecular formula is C16H19FN2O3. The van der Waals surface area contributed by atoms with E-state index in [0.29, 0.717) is 35.0 Å². The molecule has 0 bridgehead atoms. The summed E-state index contributed by atoms with van der Waals surface area (Å²) in [6.07, 6.45) is -0.701. The van der Waals surface area contributed by atoms with Crippen molar-refractivity contribution < 1.29 is 19.4 Å². The molecule has 0 spiro atoms. The molecule has 5 nitrogen and oxygen atoms in total. The van der Waals surface area contributed by atoms with Crippen LogP contribution in [-0.2, 0) is 0 Å². The zero-order valence-corrected chi connectivity index (χ0v) is 12.5. The van der Waals surface area contributed by atoms with Gasteiger partial charge in [0.25, 0.3) is 5.91 Å². The van der Waals surface area contributed by atoms with Crippen LogP contribution in [0.3, 0.4) is 0 Å². The summed E-state index contributed by atoms with van der Waals surface area (Å²) in [4.78, 5) is 17.1. The number of hydrogen-bond donors (Lipinski definition) is 3. The smallest absolute Gasteiger partial charge is 0.270 e. The minimum absolute atomic E-state index is 0.271. The van der Waals surface area contributed by atoms with Crippen LogP contribution in [0.5, 0.6) is 0 Å². The van der Waals surface area contributed by atoms with E-state index in [9.17, 15) is 19.4 Å². The van der Waals surface area contributed by atoms with Crippen molar-refractivity contribution in [2.75, 3.05) is 7.05 Å². The Bertz CT molecular complexity index is 727. The van der Waals surface area contributed by atoms with Gasteiger partial charge in [0.1, 0.15) is 17.6 Å². The number of aromatic nitrogens is 1. The van der Waals surface area contributed by atoms with E-state index in [-0.39, 0.29) is 11.7 Å². The average Bonchev–Trinajstić information content (AvgIpc) is 2.99. The third-order valence-electron chi connectivity index (χ3n) is 4.60. The van der Waals surface area contributed by atoms with E-state index < -0.39 is 18.2 Å². The molecule has 6 heteroatoms. The number of halogens is 1. The molecule has 3 rings (SSSR count). The third kappa shape index (κ3) is 2.28. The van der Waals surface area contributed by atoms with Gasteiger partial charge in [0.2, 0.25) is 0 Å². The van der Waals surface area contributed by atoms with Gasteiger partial charge in [0.05, 0.1) is 12.1 Å². The lowest BCUT2D eigenvalue weighted by Gasteiger charge is -2.27. The van der Waals surface area contributed by atoms with Crippen LogP contribution < -0.4 is 0 Å². The number of hydrogen-bond acceptors (Lipinski definition) is 3. The van der Waals surface area contributed by atoms with Crippen molar-refractivity contribution in [3.63, 3.8) is 0 Å². The number of aryl methyl sites for hydroxylation is 1. The van der Waals surface area contributed by atoms with Crippen molar-refractivity contribution in [3.05, 3.63) is 35.3 Å². The van der Waals surface area contributed by atoms with Gasteiger partial charge < -0.3 is 20.1 Å². The van der Waals surface area contributed by atoms with Crippen molar-refractivity contribution in [2.45, 2.75) is 38.0 Å². The highest BCUT2D eigenvalue weighted by atomic mass is 19.1. The van der Waals surface area contributed by atoms with E-state index in [1.807, 2.05) is 0 Å². The van der Waals surface area contributed by atoms with Gasteiger partial charge in [0.15, 0.2) is 0 Å². The fourth-order valence-electron chi connectivity index (χ4n) is 3.20. The summed E-state index contributed by atoms with van der Waals surface area (Å²) in [5, 5.41) is 20.3. The number of nitrogens with one attached hydrogen (secondary N) is 1. The first kappa shape index (κ1) is 15.0. The molecule has 0 saturated heterocycles. The van der Waals surface area contributed by atoms with Crippen molar-refractivity contribution in [3.8, 4) is 0 Å². The molecule has 118 valence electrons. The van der Waals surface area contributed by atoms with Gasteiger partial charge in [-0.15, -0.1) is 0 Å². The topological polar surface area (TPSA) is 76.6 Å². The van der Waals surface area contributed by atoms with Crippen LogP contribution in [0.2, 0.25) is 0 Å². The van der Waals surface area contributed by atoms with Crippen LogP contribution in [-0.4, -0.2) is 51.3 Å². The molecule has 1 amide bonds. The maximum atomic E-state index is 13.4. The second kappa shape index (κ2) is 5.37. The van der Waals surface area contributed by atoms with Crippen LogP contribution in [0.4, 0.5) is 4.39 Å². The number of rotatable bonds is 2. The zero-order chi connectivity index (χ0) is 16.0. The number of amides is 1. The Morgan fingerprint density at radius 3 is 2.73 bits per heavy atom. The summed E-state index contributed by atoms with van der Waals surface area (Å²) in [6, 6.07) is 3.92. The van der Waals surface area contributed by atoms with E-state index in [1.54, 1.807) is 20.0 Å². The SMILES string of the molecule is Cc1c(C(=O)N(C)[C@@H]2CC[C@@H](O)[C@@H]2O)[nH]c2ccc(F)cc12. The van der Waals surface area contributed by atoms with E-state index >= 15 is 0 Å². The molecule has 0 aliphatic heterocycles. The Kier molecular flexibility index (Phi) is 3.66. The number of carbonyl (C=O) groups is 1. The maximum absolute atomic E-state index is 13.4. The van der Waals surface area contributed by atoms with Gasteiger partial charge in [-0.05, 0) is 43.5 Å². The predicted molar refractivity (Wildman–Crippen MR) is 80.1 cm³/mol. The number of carbonyl (C=O) groups excluding carboxylic acids is 1. The lowest BCUT2D eigenvalue weighted by molar-refractivity contribution is 0.00643. The molecule has 3 N–H and O–H groups in total. The van der Waals surface area contributed by atoms with Crippen molar-refractivity contribution in [2.24, 2.45) is 0 Å². The van der Waals surface area contributed by atoms with E-state index in [2.05, 4.69) is 4.98 Å². The molecular weight excluding hydrogens is 287 g/mol. The molecule has 1 aliphatic carbocycles. The molecule has 3 atom stereocenters. The Morgan fingerprint density at radius 1 is 1.36 bits per heavy atom.